The molecule has 0 saturated heterocycles. The van der Waals surface area contributed by atoms with Crippen molar-refractivity contribution in [2.24, 2.45) is 0 Å². The van der Waals surface area contributed by atoms with Gasteiger partial charge < -0.3 is 14.8 Å². The first-order valence-corrected chi connectivity index (χ1v) is 8.09. The third-order valence-electron chi connectivity index (χ3n) is 4.20. The van der Waals surface area contributed by atoms with Crippen LogP contribution in [-0.2, 0) is 4.79 Å². The van der Waals surface area contributed by atoms with Gasteiger partial charge in [0.25, 0.3) is 5.91 Å². The number of rotatable bonds is 6. The molecule has 0 saturated carbocycles. The number of carbonyl (C=O) groups is 1. The summed E-state index contributed by atoms with van der Waals surface area (Å²) in [5.74, 6) is 1.40. The number of hydrogen-bond acceptors (Lipinski definition) is 3. The molecule has 2 aromatic rings. The maximum atomic E-state index is 12.4. The van der Waals surface area contributed by atoms with Gasteiger partial charge in [0.2, 0.25) is 0 Å². The average molecular weight is 327 g/mol. The van der Waals surface area contributed by atoms with E-state index in [0.717, 1.165) is 28.2 Å². The molecule has 2 aromatic carbocycles. The second-order valence-electron chi connectivity index (χ2n) is 5.96. The van der Waals surface area contributed by atoms with Crippen molar-refractivity contribution < 1.29 is 14.3 Å². The Bertz CT molecular complexity index is 695. The van der Waals surface area contributed by atoms with E-state index in [4.69, 9.17) is 9.47 Å². The van der Waals surface area contributed by atoms with Gasteiger partial charge in [0.1, 0.15) is 11.5 Å². The zero-order valence-electron chi connectivity index (χ0n) is 14.9. The van der Waals surface area contributed by atoms with Gasteiger partial charge in [-0.2, -0.15) is 0 Å². The predicted octanol–water partition coefficient (Wildman–Crippen LogP) is 3.96. The quantitative estimate of drug-likeness (QED) is 0.874. The largest absolute Gasteiger partial charge is 0.497 e. The van der Waals surface area contributed by atoms with E-state index in [1.165, 1.54) is 0 Å². The Hall–Kier alpha value is -2.49. The van der Waals surface area contributed by atoms with Gasteiger partial charge in [-0.05, 0) is 62.6 Å². The Morgan fingerprint density at radius 2 is 1.71 bits per heavy atom. The van der Waals surface area contributed by atoms with Gasteiger partial charge in [0.05, 0.1) is 13.2 Å². The Balaban J connectivity index is 1.98. The van der Waals surface area contributed by atoms with Gasteiger partial charge in [0.15, 0.2) is 6.10 Å². The molecule has 0 aliphatic rings. The zero-order valence-corrected chi connectivity index (χ0v) is 14.9. The van der Waals surface area contributed by atoms with Crippen LogP contribution in [0.25, 0.3) is 0 Å². The minimum absolute atomic E-state index is 0.104. The molecule has 2 rings (SSSR count). The number of amides is 1. The number of nitrogens with one attached hydrogen (secondary N) is 1. The molecule has 128 valence electrons. The predicted molar refractivity (Wildman–Crippen MR) is 95.6 cm³/mol. The minimum Gasteiger partial charge on any atom is -0.497 e. The van der Waals surface area contributed by atoms with Crippen molar-refractivity contribution in [3.63, 3.8) is 0 Å². The molecule has 0 aromatic heterocycles. The number of hydrogen-bond donors (Lipinski definition) is 1. The van der Waals surface area contributed by atoms with Crippen molar-refractivity contribution in [3.05, 3.63) is 59.2 Å². The maximum Gasteiger partial charge on any atom is 0.261 e. The van der Waals surface area contributed by atoms with E-state index in [1.54, 1.807) is 14.0 Å². The number of carbonyl (C=O) groups excluding carboxylic acids is 1. The monoisotopic (exact) mass is 327 g/mol. The highest BCUT2D eigenvalue weighted by molar-refractivity contribution is 5.81. The summed E-state index contributed by atoms with van der Waals surface area (Å²) in [7, 11) is 1.63. The van der Waals surface area contributed by atoms with Crippen molar-refractivity contribution in [2.45, 2.75) is 39.8 Å². The van der Waals surface area contributed by atoms with E-state index in [0.29, 0.717) is 0 Å². The molecule has 0 fully saturated rings. The van der Waals surface area contributed by atoms with Crippen molar-refractivity contribution >= 4 is 5.91 Å². The Morgan fingerprint density at radius 1 is 1.04 bits per heavy atom. The highest BCUT2D eigenvalue weighted by atomic mass is 16.5. The van der Waals surface area contributed by atoms with Crippen molar-refractivity contribution in [3.8, 4) is 11.5 Å². The highest BCUT2D eigenvalue weighted by Crippen LogP contribution is 2.22. The third kappa shape index (κ3) is 4.28. The highest BCUT2D eigenvalue weighted by Gasteiger charge is 2.18. The summed E-state index contributed by atoms with van der Waals surface area (Å²) in [5.41, 5.74) is 3.22. The number of aryl methyl sites for hydroxylation is 1. The summed E-state index contributed by atoms with van der Waals surface area (Å²) in [6, 6.07) is 13.4. The normalized spacial score (nSPS) is 13.0. The van der Waals surface area contributed by atoms with Crippen LogP contribution in [0.5, 0.6) is 11.5 Å². The summed E-state index contributed by atoms with van der Waals surface area (Å²) in [6.07, 6.45) is -0.564. The van der Waals surface area contributed by atoms with Crippen molar-refractivity contribution in [1.82, 2.24) is 5.32 Å². The lowest BCUT2D eigenvalue weighted by atomic mass is 10.1. The molecule has 4 heteroatoms. The Morgan fingerprint density at radius 3 is 2.33 bits per heavy atom. The molecule has 0 heterocycles. The Labute approximate surface area is 143 Å². The fourth-order valence-corrected chi connectivity index (χ4v) is 2.40. The van der Waals surface area contributed by atoms with Gasteiger partial charge >= 0.3 is 0 Å². The lowest BCUT2D eigenvalue weighted by Gasteiger charge is -2.20. The molecular formula is C20H25NO3. The van der Waals surface area contributed by atoms with E-state index in [-0.39, 0.29) is 11.9 Å². The molecule has 24 heavy (non-hydrogen) atoms. The summed E-state index contributed by atoms with van der Waals surface area (Å²) in [5, 5.41) is 2.98. The summed E-state index contributed by atoms with van der Waals surface area (Å²) >= 11 is 0. The van der Waals surface area contributed by atoms with Crippen LogP contribution in [0.3, 0.4) is 0 Å². The van der Waals surface area contributed by atoms with Gasteiger partial charge in [-0.25, -0.2) is 0 Å². The molecular weight excluding hydrogens is 302 g/mol. The topological polar surface area (TPSA) is 47.6 Å². The SMILES string of the molecule is COc1ccc([C@@H](C)NC(=O)[C@@H](C)Oc2cccc(C)c2C)cc1. The smallest absolute Gasteiger partial charge is 0.261 e. The Kier molecular flexibility index (Phi) is 5.85. The molecule has 0 bridgehead atoms. The van der Waals surface area contributed by atoms with Crippen LogP contribution in [0.15, 0.2) is 42.5 Å². The number of ether oxygens (including phenoxy) is 2. The lowest BCUT2D eigenvalue weighted by Crippen LogP contribution is -2.37. The molecule has 0 aliphatic heterocycles. The van der Waals surface area contributed by atoms with Crippen molar-refractivity contribution in [1.29, 1.82) is 0 Å². The van der Waals surface area contributed by atoms with Gasteiger partial charge in [-0.1, -0.05) is 24.3 Å². The lowest BCUT2D eigenvalue weighted by molar-refractivity contribution is -0.127. The number of benzene rings is 2. The zero-order chi connectivity index (χ0) is 17.7. The second-order valence-corrected chi connectivity index (χ2v) is 5.96. The number of methoxy groups -OCH3 is 1. The van der Waals surface area contributed by atoms with Crippen LogP contribution < -0.4 is 14.8 Å². The fourth-order valence-electron chi connectivity index (χ4n) is 2.40. The summed E-state index contributed by atoms with van der Waals surface area (Å²) in [4.78, 5) is 12.4. The van der Waals surface area contributed by atoms with Crippen LogP contribution >= 0.6 is 0 Å². The summed E-state index contributed by atoms with van der Waals surface area (Å²) in [6.45, 7) is 7.73. The first-order valence-electron chi connectivity index (χ1n) is 8.09. The molecule has 2 atom stereocenters. The van der Waals surface area contributed by atoms with E-state index in [9.17, 15) is 4.79 Å². The van der Waals surface area contributed by atoms with Crippen LogP contribution in [0, 0.1) is 13.8 Å². The second kappa shape index (κ2) is 7.86. The van der Waals surface area contributed by atoms with E-state index >= 15 is 0 Å². The van der Waals surface area contributed by atoms with Crippen molar-refractivity contribution in [2.75, 3.05) is 7.11 Å². The van der Waals surface area contributed by atoms with Crippen LogP contribution in [-0.4, -0.2) is 19.1 Å². The minimum atomic E-state index is -0.564. The first-order chi connectivity index (χ1) is 11.4. The van der Waals surface area contributed by atoms with Crippen LogP contribution in [0.1, 0.15) is 36.6 Å². The summed E-state index contributed by atoms with van der Waals surface area (Å²) < 4.78 is 11.0. The maximum absolute atomic E-state index is 12.4. The first kappa shape index (κ1) is 17.9. The standard InChI is InChI=1S/C20H25NO3/c1-13-7-6-8-19(14(13)2)24-16(4)20(22)21-15(3)17-9-11-18(23-5)12-10-17/h6-12,15-16H,1-5H3,(H,21,22)/t15-,16-/m1/s1. The molecule has 4 nitrogen and oxygen atoms in total. The molecule has 0 unspecified atom stereocenters. The third-order valence-corrected chi connectivity index (χ3v) is 4.20. The molecule has 0 aliphatic carbocycles. The van der Waals surface area contributed by atoms with E-state index < -0.39 is 6.10 Å². The molecule has 0 radical (unpaired) electrons. The molecule has 1 N–H and O–H groups in total. The molecule has 0 spiro atoms. The molecule has 1 amide bonds. The average Bonchev–Trinajstić information content (AvgIpc) is 2.58. The van der Waals surface area contributed by atoms with Crippen LogP contribution in [0.2, 0.25) is 0 Å². The van der Waals surface area contributed by atoms with Gasteiger partial charge in [0, 0.05) is 0 Å². The van der Waals surface area contributed by atoms with E-state index in [2.05, 4.69) is 5.32 Å². The van der Waals surface area contributed by atoms with Gasteiger partial charge in [-0.15, -0.1) is 0 Å². The van der Waals surface area contributed by atoms with Gasteiger partial charge in [-0.3, -0.25) is 4.79 Å². The fraction of sp³-hybridized carbons (Fsp3) is 0.350. The van der Waals surface area contributed by atoms with Crippen LogP contribution in [0.4, 0.5) is 0 Å². The van der Waals surface area contributed by atoms with E-state index in [1.807, 2.05) is 63.2 Å².